The molecule has 0 bridgehead atoms. The number of aliphatic hydroxyl groups is 1. The van der Waals surface area contributed by atoms with Gasteiger partial charge in [0.25, 0.3) is 0 Å². The van der Waals surface area contributed by atoms with Crippen LogP contribution in [0.2, 0.25) is 5.02 Å². The highest BCUT2D eigenvalue weighted by Gasteiger charge is 2.24. The summed E-state index contributed by atoms with van der Waals surface area (Å²) in [5, 5.41) is 19.3. The van der Waals surface area contributed by atoms with E-state index in [1.54, 1.807) is 12.1 Å². The van der Waals surface area contributed by atoms with Crippen LogP contribution in [0, 0.1) is 0 Å². The van der Waals surface area contributed by atoms with Crippen LogP contribution in [0.4, 0.5) is 5.82 Å². The normalized spacial score (nSPS) is 16.1. The molecule has 7 heteroatoms. The number of benzene rings is 1. The summed E-state index contributed by atoms with van der Waals surface area (Å²) in [6, 6.07) is 7.32. The first-order chi connectivity index (χ1) is 13.0. The van der Waals surface area contributed by atoms with Gasteiger partial charge in [0.2, 0.25) is 0 Å². The molecule has 1 aliphatic heterocycles. The summed E-state index contributed by atoms with van der Waals surface area (Å²) < 4.78 is 7.48. The SMILES string of the molecule is CC(C)c1nn(C)c(N2CCOCC2)c1CNC[C@@H](O)c1ccc(Cl)cc1. The maximum absolute atomic E-state index is 10.4. The van der Waals surface area contributed by atoms with Gasteiger partial charge in [0.05, 0.1) is 25.0 Å². The Balaban J connectivity index is 1.71. The van der Waals surface area contributed by atoms with Crippen LogP contribution in [0.15, 0.2) is 24.3 Å². The molecule has 2 heterocycles. The van der Waals surface area contributed by atoms with Crippen molar-refractivity contribution in [1.29, 1.82) is 0 Å². The number of aliphatic hydroxyl groups excluding tert-OH is 1. The van der Waals surface area contributed by atoms with Crippen molar-refractivity contribution < 1.29 is 9.84 Å². The zero-order chi connectivity index (χ0) is 19.4. The zero-order valence-electron chi connectivity index (χ0n) is 16.3. The molecule has 1 aromatic carbocycles. The Labute approximate surface area is 166 Å². The molecular formula is C20H29ClN4O2. The van der Waals surface area contributed by atoms with E-state index in [9.17, 15) is 5.11 Å². The number of aryl methyl sites for hydroxylation is 1. The highest BCUT2D eigenvalue weighted by molar-refractivity contribution is 6.30. The summed E-state index contributed by atoms with van der Waals surface area (Å²) in [7, 11) is 2.00. The first-order valence-electron chi connectivity index (χ1n) is 9.50. The van der Waals surface area contributed by atoms with E-state index in [0.29, 0.717) is 24.0 Å². The van der Waals surface area contributed by atoms with Crippen molar-refractivity contribution in [1.82, 2.24) is 15.1 Å². The number of hydrogen-bond donors (Lipinski definition) is 2. The fraction of sp³-hybridized carbons (Fsp3) is 0.550. The van der Waals surface area contributed by atoms with Gasteiger partial charge < -0.3 is 20.1 Å². The minimum absolute atomic E-state index is 0.337. The maximum atomic E-state index is 10.4. The Bertz CT molecular complexity index is 739. The molecule has 3 rings (SSSR count). The molecule has 27 heavy (non-hydrogen) atoms. The van der Waals surface area contributed by atoms with Gasteiger partial charge in [-0.15, -0.1) is 0 Å². The minimum atomic E-state index is -0.576. The van der Waals surface area contributed by atoms with Crippen LogP contribution in [0.1, 0.15) is 42.7 Å². The van der Waals surface area contributed by atoms with Crippen molar-refractivity contribution in [2.75, 3.05) is 37.7 Å². The number of morpholine rings is 1. The van der Waals surface area contributed by atoms with Gasteiger partial charge in [0.15, 0.2) is 0 Å². The molecule has 6 nitrogen and oxygen atoms in total. The van der Waals surface area contributed by atoms with Crippen LogP contribution >= 0.6 is 11.6 Å². The Morgan fingerprint density at radius 3 is 2.52 bits per heavy atom. The number of nitrogens with one attached hydrogen (secondary N) is 1. The molecule has 1 aliphatic rings. The van der Waals surface area contributed by atoms with Gasteiger partial charge in [-0.05, 0) is 23.6 Å². The lowest BCUT2D eigenvalue weighted by Crippen LogP contribution is -2.38. The van der Waals surface area contributed by atoms with Gasteiger partial charge in [-0.1, -0.05) is 37.6 Å². The number of nitrogens with zero attached hydrogens (tertiary/aromatic N) is 3. The van der Waals surface area contributed by atoms with Gasteiger partial charge in [0.1, 0.15) is 5.82 Å². The van der Waals surface area contributed by atoms with E-state index in [2.05, 4.69) is 24.1 Å². The second kappa shape index (κ2) is 9.06. The third-order valence-electron chi connectivity index (χ3n) is 4.90. The average molecular weight is 393 g/mol. The number of hydrogen-bond acceptors (Lipinski definition) is 5. The van der Waals surface area contributed by atoms with Crippen LogP contribution in [-0.4, -0.2) is 47.7 Å². The summed E-state index contributed by atoms with van der Waals surface area (Å²) >= 11 is 5.92. The van der Waals surface area contributed by atoms with Crippen LogP contribution in [0.25, 0.3) is 0 Å². The fourth-order valence-electron chi connectivity index (χ4n) is 3.52. The van der Waals surface area contributed by atoms with Crippen LogP contribution < -0.4 is 10.2 Å². The number of rotatable bonds is 7. The molecule has 0 aliphatic carbocycles. The van der Waals surface area contributed by atoms with Gasteiger partial charge in [0, 0.05) is 43.8 Å². The molecule has 0 radical (unpaired) electrons. The molecule has 0 saturated carbocycles. The molecule has 1 aromatic heterocycles. The lowest BCUT2D eigenvalue weighted by atomic mass is 10.0. The monoisotopic (exact) mass is 392 g/mol. The standard InChI is InChI=1S/C20H29ClN4O2/c1-14(2)19-17(20(24(3)23-19)25-8-10-27-11-9-25)12-22-13-18(26)15-4-6-16(21)7-5-15/h4-7,14,18,22,26H,8-13H2,1-3H3/t18-/m1/s1. The predicted molar refractivity (Wildman–Crippen MR) is 108 cm³/mol. The molecular weight excluding hydrogens is 364 g/mol. The van der Waals surface area contributed by atoms with Crippen LogP contribution in [-0.2, 0) is 18.3 Å². The van der Waals surface area contributed by atoms with Crippen LogP contribution in [0.5, 0.6) is 0 Å². The molecule has 0 unspecified atom stereocenters. The largest absolute Gasteiger partial charge is 0.387 e. The van der Waals surface area contributed by atoms with Gasteiger partial charge >= 0.3 is 0 Å². The van der Waals surface area contributed by atoms with E-state index < -0.39 is 6.10 Å². The molecule has 1 fully saturated rings. The van der Waals surface area contributed by atoms with E-state index in [-0.39, 0.29) is 0 Å². The first kappa shape index (κ1) is 20.1. The van der Waals surface area contributed by atoms with E-state index in [1.165, 1.54) is 5.56 Å². The molecule has 0 spiro atoms. The van der Waals surface area contributed by atoms with Crippen molar-refractivity contribution in [3.63, 3.8) is 0 Å². The molecule has 0 amide bonds. The van der Waals surface area contributed by atoms with Crippen molar-refractivity contribution in [2.45, 2.75) is 32.4 Å². The third-order valence-corrected chi connectivity index (χ3v) is 5.15. The van der Waals surface area contributed by atoms with Gasteiger partial charge in [-0.25, -0.2) is 0 Å². The number of ether oxygens (including phenoxy) is 1. The second-order valence-corrected chi connectivity index (χ2v) is 7.70. The number of anilines is 1. The highest BCUT2D eigenvalue weighted by Crippen LogP contribution is 2.29. The van der Waals surface area contributed by atoms with Crippen molar-refractivity contribution >= 4 is 17.4 Å². The molecule has 2 aromatic rings. The number of halogens is 1. The van der Waals surface area contributed by atoms with E-state index in [0.717, 1.165) is 43.4 Å². The third kappa shape index (κ3) is 4.82. The van der Waals surface area contributed by atoms with Crippen LogP contribution in [0.3, 0.4) is 0 Å². The second-order valence-electron chi connectivity index (χ2n) is 7.26. The summed E-state index contributed by atoms with van der Waals surface area (Å²) in [6.45, 7) is 8.69. The van der Waals surface area contributed by atoms with Gasteiger partial charge in [-0.3, -0.25) is 4.68 Å². The highest BCUT2D eigenvalue weighted by atomic mass is 35.5. The lowest BCUT2D eigenvalue weighted by Gasteiger charge is -2.29. The average Bonchev–Trinajstić information content (AvgIpc) is 2.99. The van der Waals surface area contributed by atoms with Crippen molar-refractivity contribution in [2.24, 2.45) is 7.05 Å². The predicted octanol–water partition coefficient (Wildman–Crippen LogP) is 2.86. The van der Waals surface area contributed by atoms with Gasteiger partial charge in [-0.2, -0.15) is 5.10 Å². The summed E-state index contributed by atoms with van der Waals surface area (Å²) in [4.78, 5) is 2.34. The Morgan fingerprint density at radius 1 is 1.22 bits per heavy atom. The fourth-order valence-corrected chi connectivity index (χ4v) is 3.65. The van der Waals surface area contributed by atoms with E-state index in [1.807, 2.05) is 23.9 Å². The smallest absolute Gasteiger partial charge is 0.131 e. The molecule has 2 N–H and O–H groups in total. The van der Waals surface area contributed by atoms with Crippen molar-refractivity contribution in [3.8, 4) is 0 Å². The lowest BCUT2D eigenvalue weighted by molar-refractivity contribution is 0.122. The molecule has 1 atom stereocenters. The minimum Gasteiger partial charge on any atom is -0.387 e. The van der Waals surface area contributed by atoms with Crippen molar-refractivity contribution in [3.05, 3.63) is 46.1 Å². The molecule has 1 saturated heterocycles. The Hall–Kier alpha value is -1.60. The molecule has 148 valence electrons. The summed E-state index contributed by atoms with van der Waals surface area (Å²) in [6.07, 6.45) is -0.576. The Morgan fingerprint density at radius 2 is 1.89 bits per heavy atom. The summed E-state index contributed by atoms with van der Waals surface area (Å²) in [5.74, 6) is 1.49. The zero-order valence-corrected chi connectivity index (χ0v) is 17.0. The first-order valence-corrected chi connectivity index (χ1v) is 9.88. The van der Waals surface area contributed by atoms with E-state index in [4.69, 9.17) is 21.4 Å². The maximum Gasteiger partial charge on any atom is 0.131 e. The quantitative estimate of drug-likeness (QED) is 0.758. The van der Waals surface area contributed by atoms with E-state index >= 15 is 0 Å². The Kier molecular flexibility index (Phi) is 6.76. The summed E-state index contributed by atoms with van der Waals surface area (Å²) in [5.41, 5.74) is 3.17. The topological polar surface area (TPSA) is 62.5 Å². The number of aromatic nitrogens is 2.